The maximum Gasteiger partial charge on any atom is 0.254 e. The van der Waals surface area contributed by atoms with Crippen LogP contribution in [0.2, 0.25) is 0 Å². The number of nitrogens with zero attached hydrogens (tertiary/aromatic N) is 4. The molecule has 0 fully saturated rings. The summed E-state index contributed by atoms with van der Waals surface area (Å²) in [6.07, 6.45) is 3.25. The number of carbonyl (C=O) groups is 1. The summed E-state index contributed by atoms with van der Waals surface area (Å²) in [5.74, 6) is 1.67. The van der Waals surface area contributed by atoms with Crippen molar-refractivity contribution in [3.63, 3.8) is 0 Å². The largest absolute Gasteiger partial charge is 0.491 e. The van der Waals surface area contributed by atoms with Gasteiger partial charge >= 0.3 is 0 Å². The highest BCUT2D eigenvalue weighted by atomic mass is 16.5. The maximum atomic E-state index is 12.8. The number of benzene rings is 2. The molecule has 2 heterocycles. The van der Waals surface area contributed by atoms with Gasteiger partial charge in [-0.2, -0.15) is 0 Å². The molecule has 31 heavy (non-hydrogen) atoms. The van der Waals surface area contributed by atoms with Gasteiger partial charge in [-0.1, -0.05) is 24.3 Å². The van der Waals surface area contributed by atoms with Crippen LogP contribution >= 0.6 is 0 Å². The molecule has 4 rings (SSSR count). The molecule has 0 N–H and O–H groups in total. The zero-order chi connectivity index (χ0) is 21.8. The van der Waals surface area contributed by atoms with Crippen molar-refractivity contribution in [2.75, 3.05) is 13.7 Å². The highest BCUT2D eigenvalue weighted by Crippen LogP contribution is 2.22. The Morgan fingerprint density at radius 3 is 2.61 bits per heavy atom. The molecular weight excluding hydrogens is 388 g/mol. The summed E-state index contributed by atoms with van der Waals surface area (Å²) in [6, 6.07) is 17.5. The molecule has 0 aliphatic rings. The van der Waals surface area contributed by atoms with Crippen LogP contribution in [0.4, 0.5) is 0 Å². The van der Waals surface area contributed by atoms with Gasteiger partial charge in [0.05, 0.1) is 24.1 Å². The number of hydrogen-bond donors (Lipinski definition) is 0. The van der Waals surface area contributed by atoms with Crippen LogP contribution < -0.4 is 4.74 Å². The van der Waals surface area contributed by atoms with Crippen LogP contribution in [0.1, 0.15) is 27.3 Å². The van der Waals surface area contributed by atoms with E-state index in [0.717, 1.165) is 28.2 Å². The Balaban J connectivity index is 1.54. The average molecular weight is 415 g/mol. The van der Waals surface area contributed by atoms with E-state index in [0.29, 0.717) is 25.3 Å². The van der Waals surface area contributed by atoms with Crippen LogP contribution in [-0.2, 0) is 13.1 Å². The minimum Gasteiger partial charge on any atom is -0.491 e. The fourth-order valence-electron chi connectivity index (χ4n) is 3.62. The van der Waals surface area contributed by atoms with Crippen molar-refractivity contribution >= 4 is 16.9 Å². The Bertz CT molecular complexity index is 1200. The number of pyridine rings is 1. The smallest absolute Gasteiger partial charge is 0.254 e. The van der Waals surface area contributed by atoms with Gasteiger partial charge < -0.3 is 14.2 Å². The molecule has 158 valence electrons. The van der Waals surface area contributed by atoms with E-state index in [1.54, 1.807) is 36.5 Å². The molecule has 2 aromatic carbocycles. The van der Waals surface area contributed by atoms with Gasteiger partial charge in [0.1, 0.15) is 18.2 Å². The predicted molar refractivity (Wildman–Crippen MR) is 121 cm³/mol. The van der Waals surface area contributed by atoms with Crippen molar-refractivity contribution in [2.45, 2.75) is 26.9 Å². The van der Waals surface area contributed by atoms with Crippen LogP contribution in [0, 0.1) is 13.8 Å². The molecule has 0 aliphatic heterocycles. The van der Waals surface area contributed by atoms with Crippen LogP contribution in [0.3, 0.4) is 0 Å². The van der Waals surface area contributed by atoms with E-state index < -0.39 is 0 Å². The Labute approximate surface area is 182 Å². The number of para-hydroxylation sites is 2. The molecule has 4 aromatic rings. The fraction of sp³-hybridized carbons (Fsp3) is 0.240. The third kappa shape index (κ3) is 4.43. The van der Waals surface area contributed by atoms with E-state index in [-0.39, 0.29) is 5.91 Å². The van der Waals surface area contributed by atoms with Gasteiger partial charge in [-0.05, 0) is 55.3 Å². The number of ether oxygens (including phenoxy) is 1. The quantitative estimate of drug-likeness (QED) is 0.450. The normalized spacial score (nSPS) is 10.9. The van der Waals surface area contributed by atoms with E-state index in [9.17, 15) is 4.79 Å². The van der Waals surface area contributed by atoms with E-state index in [1.165, 1.54) is 5.56 Å². The van der Waals surface area contributed by atoms with Gasteiger partial charge in [0.25, 0.3) is 5.91 Å². The molecule has 0 radical (unpaired) electrons. The number of hydrogen-bond acceptors (Lipinski definition) is 4. The van der Waals surface area contributed by atoms with Crippen LogP contribution in [-0.4, -0.2) is 39.0 Å². The Morgan fingerprint density at radius 2 is 1.81 bits per heavy atom. The van der Waals surface area contributed by atoms with Crippen molar-refractivity contribution < 1.29 is 9.53 Å². The highest BCUT2D eigenvalue weighted by molar-refractivity contribution is 5.93. The van der Waals surface area contributed by atoms with E-state index in [2.05, 4.69) is 35.5 Å². The molecule has 0 spiro atoms. The highest BCUT2D eigenvalue weighted by Gasteiger charge is 2.17. The Kier molecular flexibility index (Phi) is 5.98. The molecule has 0 bridgehead atoms. The number of fused-ring (bicyclic) bond motifs is 1. The predicted octanol–water partition coefficient (Wildman–Crippen LogP) is 4.40. The van der Waals surface area contributed by atoms with Crippen LogP contribution in [0.5, 0.6) is 5.75 Å². The third-order valence-corrected chi connectivity index (χ3v) is 5.51. The summed E-state index contributed by atoms with van der Waals surface area (Å²) >= 11 is 0. The lowest BCUT2D eigenvalue weighted by atomic mass is 10.1. The summed E-state index contributed by atoms with van der Waals surface area (Å²) in [6.45, 7) is 5.71. The summed E-state index contributed by atoms with van der Waals surface area (Å²) in [4.78, 5) is 23.2. The summed E-state index contributed by atoms with van der Waals surface area (Å²) in [7, 11) is 1.79. The lowest BCUT2D eigenvalue weighted by Crippen LogP contribution is -2.28. The van der Waals surface area contributed by atoms with Gasteiger partial charge in [-0.15, -0.1) is 0 Å². The van der Waals surface area contributed by atoms with E-state index in [1.807, 2.05) is 30.3 Å². The van der Waals surface area contributed by atoms with E-state index in [4.69, 9.17) is 9.72 Å². The average Bonchev–Trinajstić information content (AvgIpc) is 3.13. The van der Waals surface area contributed by atoms with Gasteiger partial charge in [-0.3, -0.25) is 9.78 Å². The molecule has 6 heteroatoms. The maximum absolute atomic E-state index is 12.8. The summed E-state index contributed by atoms with van der Waals surface area (Å²) in [5, 5.41) is 0. The zero-order valence-corrected chi connectivity index (χ0v) is 18.1. The monoisotopic (exact) mass is 414 g/mol. The van der Waals surface area contributed by atoms with Gasteiger partial charge in [0.2, 0.25) is 0 Å². The summed E-state index contributed by atoms with van der Waals surface area (Å²) in [5.41, 5.74) is 4.92. The van der Waals surface area contributed by atoms with Gasteiger partial charge in [-0.25, -0.2) is 4.98 Å². The summed E-state index contributed by atoms with van der Waals surface area (Å²) < 4.78 is 8.22. The van der Waals surface area contributed by atoms with Crippen molar-refractivity contribution in [3.05, 3.63) is 89.5 Å². The Hall–Kier alpha value is -3.67. The third-order valence-electron chi connectivity index (χ3n) is 5.51. The second kappa shape index (κ2) is 9.00. The molecule has 0 atom stereocenters. The first-order valence-corrected chi connectivity index (χ1v) is 10.3. The van der Waals surface area contributed by atoms with Crippen molar-refractivity contribution in [1.82, 2.24) is 19.4 Å². The first kappa shape index (κ1) is 20.6. The lowest BCUT2D eigenvalue weighted by Gasteiger charge is -2.18. The number of amides is 1. The molecular formula is C25H26N4O2. The number of imidazole rings is 1. The van der Waals surface area contributed by atoms with Gasteiger partial charge in [0.15, 0.2) is 0 Å². The van der Waals surface area contributed by atoms with E-state index >= 15 is 0 Å². The number of rotatable bonds is 7. The van der Waals surface area contributed by atoms with Crippen LogP contribution in [0.15, 0.2) is 67.0 Å². The van der Waals surface area contributed by atoms with Crippen molar-refractivity contribution in [1.29, 1.82) is 0 Å². The lowest BCUT2D eigenvalue weighted by molar-refractivity contribution is 0.0780. The molecule has 0 unspecified atom stereocenters. The minimum atomic E-state index is -0.0624. The second-order valence-electron chi connectivity index (χ2n) is 7.61. The molecule has 0 saturated heterocycles. The molecule has 0 aliphatic carbocycles. The number of carbonyl (C=O) groups excluding carboxylic acids is 1. The zero-order valence-electron chi connectivity index (χ0n) is 18.1. The first-order chi connectivity index (χ1) is 15.0. The minimum absolute atomic E-state index is 0.0624. The number of aryl methyl sites for hydroxylation is 1. The molecule has 6 nitrogen and oxygen atoms in total. The topological polar surface area (TPSA) is 60.2 Å². The van der Waals surface area contributed by atoms with Crippen molar-refractivity contribution in [2.24, 2.45) is 0 Å². The molecule has 0 saturated carbocycles. The second-order valence-corrected chi connectivity index (χ2v) is 7.61. The Morgan fingerprint density at radius 1 is 1.03 bits per heavy atom. The SMILES string of the molecule is Cc1cccc(OCCn2c(CN(C)C(=O)c3ccncc3)nc3ccccc32)c1C. The van der Waals surface area contributed by atoms with Crippen LogP contribution in [0.25, 0.3) is 11.0 Å². The first-order valence-electron chi connectivity index (χ1n) is 10.3. The standard InChI is InChI=1S/C25H26N4O2/c1-18-7-6-10-23(19(18)2)31-16-15-29-22-9-5-4-8-21(22)27-24(29)17-28(3)25(30)20-11-13-26-14-12-20/h4-14H,15-17H2,1-3H3. The molecule has 2 aromatic heterocycles. The fourth-order valence-corrected chi connectivity index (χ4v) is 3.62. The molecule has 1 amide bonds. The van der Waals surface area contributed by atoms with Gasteiger partial charge in [0, 0.05) is 25.0 Å². The van der Waals surface area contributed by atoms with Crippen molar-refractivity contribution in [3.8, 4) is 5.75 Å². The number of aromatic nitrogens is 3.